The zero-order valence-corrected chi connectivity index (χ0v) is 15.4. The highest BCUT2D eigenvalue weighted by Crippen LogP contribution is 2.34. The first-order valence-electron chi connectivity index (χ1n) is 10.4. The molecule has 24 heavy (non-hydrogen) atoms. The molecule has 0 N–H and O–H groups in total. The molecule has 2 heterocycles. The summed E-state index contributed by atoms with van der Waals surface area (Å²) in [6.45, 7) is 3.12. The molecule has 4 nitrogen and oxygen atoms in total. The van der Waals surface area contributed by atoms with E-state index in [0.717, 1.165) is 52.1 Å². The van der Waals surface area contributed by atoms with E-state index in [1.807, 2.05) is 0 Å². The highest BCUT2D eigenvalue weighted by molar-refractivity contribution is 4.77. The van der Waals surface area contributed by atoms with Gasteiger partial charge in [-0.15, -0.1) is 0 Å². The van der Waals surface area contributed by atoms with Gasteiger partial charge in [-0.05, 0) is 25.7 Å². The van der Waals surface area contributed by atoms with E-state index in [1.165, 1.54) is 64.2 Å². The van der Waals surface area contributed by atoms with Gasteiger partial charge in [-0.3, -0.25) is 0 Å². The standard InChI is InChI=1S/C20H36O4/c1-3-7-11-19(21-15-16-22-19)13-9-5-2-6-10-14-20(12-8-4-1)23-17-18-24-20/h1-18H2. The van der Waals surface area contributed by atoms with Crippen LogP contribution in [0.3, 0.4) is 0 Å². The van der Waals surface area contributed by atoms with Crippen molar-refractivity contribution < 1.29 is 18.9 Å². The molecule has 2 spiro atoms. The lowest BCUT2D eigenvalue weighted by molar-refractivity contribution is -0.170. The molecule has 0 radical (unpaired) electrons. The van der Waals surface area contributed by atoms with Crippen molar-refractivity contribution in [3.8, 4) is 0 Å². The van der Waals surface area contributed by atoms with Crippen molar-refractivity contribution in [2.24, 2.45) is 0 Å². The Hall–Kier alpha value is -0.160. The lowest BCUT2D eigenvalue weighted by Crippen LogP contribution is -2.30. The molecule has 1 saturated carbocycles. The molecule has 0 atom stereocenters. The molecule has 3 aliphatic rings. The zero-order valence-electron chi connectivity index (χ0n) is 15.4. The Morgan fingerprint density at radius 2 is 0.583 bits per heavy atom. The molecule has 3 rings (SSSR count). The molecule has 3 fully saturated rings. The second-order valence-electron chi connectivity index (χ2n) is 7.75. The van der Waals surface area contributed by atoms with Gasteiger partial charge in [-0.1, -0.05) is 38.5 Å². The van der Waals surface area contributed by atoms with Crippen molar-refractivity contribution in [3.05, 3.63) is 0 Å². The van der Waals surface area contributed by atoms with Gasteiger partial charge in [0.25, 0.3) is 0 Å². The molecule has 0 aromatic rings. The summed E-state index contributed by atoms with van der Waals surface area (Å²) in [5, 5.41) is 0. The molecule has 2 aliphatic heterocycles. The van der Waals surface area contributed by atoms with Crippen molar-refractivity contribution in [1.82, 2.24) is 0 Å². The lowest BCUT2D eigenvalue weighted by Gasteiger charge is -2.29. The zero-order chi connectivity index (χ0) is 16.6. The first-order valence-corrected chi connectivity index (χ1v) is 10.4. The van der Waals surface area contributed by atoms with E-state index >= 15 is 0 Å². The summed E-state index contributed by atoms with van der Waals surface area (Å²) in [5.41, 5.74) is 0. The molecule has 0 aromatic heterocycles. The first kappa shape index (κ1) is 18.6. The van der Waals surface area contributed by atoms with E-state index in [-0.39, 0.29) is 11.6 Å². The summed E-state index contributed by atoms with van der Waals surface area (Å²) in [4.78, 5) is 0. The third-order valence-electron chi connectivity index (χ3n) is 5.86. The summed E-state index contributed by atoms with van der Waals surface area (Å²) in [5.74, 6) is -0.487. The van der Waals surface area contributed by atoms with Crippen LogP contribution in [0, 0.1) is 0 Å². The second-order valence-corrected chi connectivity index (χ2v) is 7.75. The van der Waals surface area contributed by atoms with Gasteiger partial charge in [0, 0.05) is 25.7 Å². The van der Waals surface area contributed by atoms with Crippen LogP contribution in [0.1, 0.15) is 89.9 Å². The van der Waals surface area contributed by atoms with Crippen molar-refractivity contribution in [2.45, 2.75) is 101 Å². The normalized spacial score (nSPS) is 30.0. The van der Waals surface area contributed by atoms with Gasteiger partial charge >= 0.3 is 0 Å². The Bertz CT molecular complexity index is 292. The van der Waals surface area contributed by atoms with Crippen LogP contribution in [0.15, 0.2) is 0 Å². The van der Waals surface area contributed by atoms with Crippen LogP contribution in [0.5, 0.6) is 0 Å². The van der Waals surface area contributed by atoms with E-state index < -0.39 is 0 Å². The van der Waals surface area contributed by atoms with Gasteiger partial charge in [0.05, 0.1) is 26.4 Å². The predicted molar refractivity (Wildman–Crippen MR) is 93.9 cm³/mol. The molecule has 0 bridgehead atoms. The fraction of sp³-hybridized carbons (Fsp3) is 1.00. The van der Waals surface area contributed by atoms with Gasteiger partial charge in [-0.2, -0.15) is 0 Å². The van der Waals surface area contributed by atoms with Crippen molar-refractivity contribution in [1.29, 1.82) is 0 Å². The van der Waals surface area contributed by atoms with Crippen LogP contribution in [-0.2, 0) is 18.9 Å². The number of ether oxygens (including phenoxy) is 4. The monoisotopic (exact) mass is 340 g/mol. The Morgan fingerprint density at radius 1 is 0.333 bits per heavy atom. The summed E-state index contributed by atoms with van der Waals surface area (Å²) in [6.07, 6.45) is 16.9. The Labute approximate surface area is 147 Å². The van der Waals surface area contributed by atoms with Crippen LogP contribution >= 0.6 is 0 Å². The van der Waals surface area contributed by atoms with E-state index in [1.54, 1.807) is 0 Å². The fourth-order valence-electron chi connectivity index (χ4n) is 4.46. The van der Waals surface area contributed by atoms with Crippen LogP contribution in [0.25, 0.3) is 0 Å². The lowest BCUT2D eigenvalue weighted by atomic mass is 9.96. The van der Waals surface area contributed by atoms with Gasteiger partial charge in [0.1, 0.15) is 0 Å². The summed E-state index contributed by atoms with van der Waals surface area (Å²) >= 11 is 0. The van der Waals surface area contributed by atoms with Gasteiger partial charge in [0.15, 0.2) is 11.6 Å². The Kier molecular flexibility index (Phi) is 7.38. The van der Waals surface area contributed by atoms with Crippen LogP contribution in [-0.4, -0.2) is 38.0 Å². The van der Waals surface area contributed by atoms with E-state index in [2.05, 4.69) is 0 Å². The molecule has 0 unspecified atom stereocenters. The largest absolute Gasteiger partial charge is 0.348 e. The number of hydrogen-bond donors (Lipinski definition) is 0. The summed E-state index contributed by atoms with van der Waals surface area (Å²) in [6, 6.07) is 0. The number of rotatable bonds is 0. The van der Waals surface area contributed by atoms with Crippen LogP contribution in [0.2, 0.25) is 0 Å². The van der Waals surface area contributed by atoms with E-state index in [0.29, 0.717) is 0 Å². The smallest absolute Gasteiger partial charge is 0.168 e. The molecule has 2 saturated heterocycles. The average Bonchev–Trinajstić information content (AvgIpc) is 3.23. The highest BCUT2D eigenvalue weighted by Gasteiger charge is 2.36. The third-order valence-corrected chi connectivity index (χ3v) is 5.86. The van der Waals surface area contributed by atoms with Crippen LogP contribution < -0.4 is 0 Å². The summed E-state index contributed by atoms with van der Waals surface area (Å²) in [7, 11) is 0. The molecule has 1 aliphatic carbocycles. The Morgan fingerprint density at radius 3 is 0.875 bits per heavy atom. The Balaban J connectivity index is 1.46. The van der Waals surface area contributed by atoms with Gasteiger partial charge in [-0.25, -0.2) is 0 Å². The van der Waals surface area contributed by atoms with Crippen molar-refractivity contribution >= 4 is 0 Å². The maximum absolute atomic E-state index is 5.99. The first-order chi connectivity index (χ1) is 11.8. The minimum Gasteiger partial charge on any atom is -0.348 e. The molecule has 0 amide bonds. The van der Waals surface area contributed by atoms with E-state index in [4.69, 9.17) is 18.9 Å². The quantitative estimate of drug-likeness (QED) is 0.625. The maximum Gasteiger partial charge on any atom is 0.168 e. The van der Waals surface area contributed by atoms with Crippen LogP contribution in [0.4, 0.5) is 0 Å². The molecule has 140 valence electrons. The second kappa shape index (κ2) is 9.51. The fourth-order valence-corrected chi connectivity index (χ4v) is 4.46. The topological polar surface area (TPSA) is 36.9 Å². The minimum atomic E-state index is -0.243. The van der Waals surface area contributed by atoms with E-state index in [9.17, 15) is 0 Å². The van der Waals surface area contributed by atoms with Crippen molar-refractivity contribution in [3.63, 3.8) is 0 Å². The minimum absolute atomic E-state index is 0.243. The highest BCUT2D eigenvalue weighted by atomic mass is 16.7. The molecular formula is C20H36O4. The maximum atomic E-state index is 5.99. The van der Waals surface area contributed by atoms with Gasteiger partial charge in [0.2, 0.25) is 0 Å². The summed E-state index contributed by atoms with van der Waals surface area (Å²) < 4.78 is 24.0. The van der Waals surface area contributed by atoms with Gasteiger partial charge < -0.3 is 18.9 Å². The average molecular weight is 341 g/mol. The molecular weight excluding hydrogens is 304 g/mol. The number of hydrogen-bond acceptors (Lipinski definition) is 4. The third kappa shape index (κ3) is 5.42. The molecule has 4 heteroatoms. The molecule has 0 aromatic carbocycles. The van der Waals surface area contributed by atoms with Crippen molar-refractivity contribution in [2.75, 3.05) is 26.4 Å². The SMILES string of the molecule is C1CCCC2(CCCCCCCC3(CCC1)OCCO3)OCCO2. The predicted octanol–water partition coefficient (Wildman–Crippen LogP) is 4.95.